The van der Waals surface area contributed by atoms with Gasteiger partial charge in [0.2, 0.25) is 5.91 Å². The van der Waals surface area contributed by atoms with Gasteiger partial charge in [0.15, 0.2) is 0 Å². The van der Waals surface area contributed by atoms with Crippen LogP contribution in [0.15, 0.2) is 35.7 Å². The molecule has 0 radical (unpaired) electrons. The largest absolute Gasteiger partial charge is 0.323 e. The minimum Gasteiger partial charge on any atom is -0.323 e. The Morgan fingerprint density at radius 3 is 2.96 bits per heavy atom. The third-order valence-corrected chi connectivity index (χ3v) is 5.76. The summed E-state index contributed by atoms with van der Waals surface area (Å²) < 4.78 is 0. The Balaban J connectivity index is 1.75. The van der Waals surface area contributed by atoms with Gasteiger partial charge in [-0.05, 0) is 43.8 Å². The molecule has 0 saturated carbocycles. The van der Waals surface area contributed by atoms with Crippen LogP contribution < -0.4 is 5.32 Å². The van der Waals surface area contributed by atoms with Crippen molar-refractivity contribution in [3.63, 3.8) is 0 Å². The van der Waals surface area contributed by atoms with E-state index in [2.05, 4.69) is 16.3 Å². The third kappa shape index (κ3) is 3.84. The molecule has 2 heterocycles. The van der Waals surface area contributed by atoms with E-state index in [0.717, 1.165) is 19.4 Å². The predicted octanol–water partition coefficient (Wildman–Crippen LogP) is 4.47. The van der Waals surface area contributed by atoms with Crippen LogP contribution in [0.5, 0.6) is 0 Å². The number of hydrogen-bond acceptors (Lipinski definition) is 5. The van der Waals surface area contributed by atoms with Gasteiger partial charge in [0, 0.05) is 23.1 Å². The molecule has 1 aromatic carbocycles. The highest BCUT2D eigenvalue weighted by Crippen LogP contribution is 2.36. The van der Waals surface area contributed by atoms with Crippen LogP contribution in [0.25, 0.3) is 0 Å². The topological polar surface area (TPSA) is 75.5 Å². The van der Waals surface area contributed by atoms with Gasteiger partial charge in [-0.1, -0.05) is 17.7 Å². The molecule has 25 heavy (non-hydrogen) atoms. The van der Waals surface area contributed by atoms with Crippen molar-refractivity contribution in [3.05, 3.63) is 55.7 Å². The lowest BCUT2D eigenvalue weighted by molar-refractivity contribution is -0.384. The standard InChI is InChI=1S/C17H18ClN3O3S/c1-11(20-8-2-4-15(20)16-5-3-9-25-16)17(22)19-14-10-12(21(23)24)6-7-13(14)18/h3,5-7,9-11,15H,2,4,8H2,1H3,(H,19,22)/t11-,15+/m0/s1. The van der Waals surface area contributed by atoms with Crippen LogP contribution in [0.1, 0.15) is 30.7 Å². The summed E-state index contributed by atoms with van der Waals surface area (Å²) in [5.41, 5.74) is 0.157. The SMILES string of the molecule is C[C@@H](C(=O)Nc1cc([N+](=O)[O-])ccc1Cl)N1CCC[C@@H]1c1cccs1. The Morgan fingerprint density at radius 1 is 1.48 bits per heavy atom. The summed E-state index contributed by atoms with van der Waals surface area (Å²) in [5.74, 6) is -0.217. The van der Waals surface area contributed by atoms with E-state index in [4.69, 9.17) is 11.6 Å². The number of nitro benzene ring substituents is 1. The summed E-state index contributed by atoms with van der Waals surface area (Å²) in [6, 6.07) is 8.01. The van der Waals surface area contributed by atoms with Crippen LogP contribution in [0.2, 0.25) is 5.02 Å². The second-order valence-corrected chi connectivity index (χ2v) is 7.38. The molecule has 1 aliphatic heterocycles. The quantitative estimate of drug-likeness (QED) is 0.614. The van der Waals surface area contributed by atoms with Gasteiger partial charge < -0.3 is 5.32 Å². The number of non-ortho nitro benzene ring substituents is 1. The first-order valence-corrected chi connectivity index (χ1v) is 9.27. The zero-order valence-electron chi connectivity index (χ0n) is 13.6. The summed E-state index contributed by atoms with van der Waals surface area (Å²) in [6.07, 6.45) is 2.06. The van der Waals surface area contributed by atoms with Crippen LogP contribution in [-0.4, -0.2) is 28.3 Å². The third-order valence-electron chi connectivity index (χ3n) is 4.46. The number of amides is 1. The van der Waals surface area contributed by atoms with E-state index < -0.39 is 4.92 Å². The molecule has 1 N–H and O–H groups in total. The van der Waals surface area contributed by atoms with Crippen LogP contribution in [-0.2, 0) is 4.79 Å². The Hall–Kier alpha value is -1.96. The lowest BCUT2D eigenvalue weighted by atomic mass is 10.1. The van der Waals surface area contributed by atoms with Crippen LogP contribution >= 0.6 is 22.9 Å². The Labute approximate surface area is 154 Å². The number of hydrogen-bond donors (Lipinski definition) is 1. The first-order valence-electron chi connectivity index (χ1n) is 8.01. The normalized spacial score (nSPS) is 18.9. The molecule has 1 fully saturated rings. The van der Waals surface area contributed by atoms with Crippen molar-refractivity contribution in [1.29, 1.82) is 0 Å². The lowest BCUT2D eigenvalue weighted by Crippen LogP contribution is -2.41. The zero-order valence-corrected chi connectivity index (χ0v) is 15.2. The van der Waals surface area contributed by atoms with E-state index in [1.807, 2.05) is 18.4 Å². The number of halogens is 1. The number of anilines is 1. The van der Waals surface area contributed by atoms with Crippen molar-refractivity contribution in [2.24, 2.45) is 0 Å². The molecule has 1 aliphatic rings. The number of nitro groups is 1. The highest BCUT2D eigenvalue weighted by Gasteiger charge is 2.33. The molecule has 0 unspecified atom stereocenters. The maximum Gasteiger partial charge on any atom is 0.271 e. The van der Waals surface area contributed by atoms with E-state index in [1.54, 1.807) is 11.3 Å². The fourth-order valence-corrected chi connectivity index (χ4v) is 4.20. The molecule has 2 atom stereocenters. The highest BCUT2D eigenvalue weighted by molar-refractivity contribution is 7.10. The molecule has 0 aliphatic carbocycles. The predicted molar refractivity (Wildman–Crippen MR) is 99.2 cm³/mol. The van der Waals surface area contributed by atoms with Gasteiger partial charge in [-0.25, -0.2) is 0 Å². The van der Waals surface area contributed by atoms with Crippen LogP contribution in [0.4, 0.5) is 11.4 Å². The number of nitrogens with one attached hydrogen (secondary N) is 1. The molecule has 1 amide bonds. The minimum atomic E-state index is -0.511. The summed E-state index contributed by atoms with van der Waals surface area (Å²) in [6.45, 7) is 2.70. The molecule has 2 aromatic rings. The summed E-state index contributed by atoms with van der Waals surface area (Å²) in [7, 11) is 0. The highest BCUT2D eigenvalue weighted by atomic mass is 35.5. The number of benzene rings is 1. The van der Waals surface area contributed by atoms with E-state index in [9.17, 15) is 14.9 Å². The first-order chi connectivity index (χ1) is 12.0. The zero-order chi connectivity index (χ0) is 18.0. The van der Waals surface area contributed by atoms with E-state index in [-0.39, 0.29) is 34.4 Å². The van der Waals surface area contributed by atoms with E-state index in [1.165, 1.54) is 23.1 Å². The van der Waals surface area contributed by atoms with Crippen molar-refractivity contribution < 1.29 is 9.72 Å². The fraction of sp³-hybridized carbons (Fsp3) is 0.353. The molecule has 132 valence electrons. The average molecular weight is 380 g/mol. The number of carbonyl (C=O) groups excluding carboxylic acids is 1. The maximum absolute atomic E-state index is 12.7. The van der Waals surface area contributed by atoms with Gasteiger partial charge in [0.25, 0.3) is 5.69 Å². The van der Waals surface area contributed by atoms with Gasteiger partial charge in [-0.3, -0.25) is 19.8 Å². The summed E-state index contributed by atoms with van der Waals surface area (Å²) in [5, 5.41) is 16.0. The maximum atomic E-state index is 12.7. The molecule has 8 heteroatoms. The monoisotopic (exact) mass is 379 g/mol. The van der Waals surface area contributed by atoms with Crippen LogP contribution in [0.3, 0.4) is 0 Å². The van der Waals surface area contributed by atoms with Gasteiger partial charge in [0.1, 0.15) is 0 Å². The van der Waals surface area contributed by atoms with Crippen molar-refractivity contribution in [2.75, 3.05) is 11.9 Å². The van der Waals surface area contributed by atoms with E-state index in [0.29, 0.717) is 0 Å². The first kappa shape index (κ1) is 17.8. The Bertz CT molecular complexity index is 781. The van der Waals surface area contributed by atoms with E-state index >= 15 is 0 Å². The van der Waals surface area contributed by atoms with Gasteiger partial charge in [-0.2, -0.15) is 0 Å². The molecular formula is C17H18ClN3O3S. The molecule has 3 rings (SSSR count). The average Bonchev–Trinajstić information content (AvgIpc) is 3.26. The molecule has 0 spiro atoms. The second kappa shape index (κ2) is 7.51. The molecule has 1 saturated heterocycles. The smallest absolute Gasteiger partial charge is 0.271 e. The molecule has 1 aromatic heterocycles. The van der Waals surface area contributed by atoms with Crippen molar-refractivity contribution in [3.8, 4) is 0 Å². The van der Waals surface area contributed by atoms with Crippen molar-refractivity contribution in [1.82, 2.24) is 4.90 Å². The number of nitrogens with zero attached hydrogens (tertiary/aromatic N) is 2. The summed E-state index contributed by atoms with van der Waals surface area (Å²) in [4.78, 5) is 26.5. The fourth-order valence-electron chi connectivity index (χ4n) is 3.15. The molecular weight excluding hydrogens is 362 g/mol. The van der Waals surface area contributed by atoms with Gasteiger partial charge in [-0.15, -0.1) is 11.3 Å². The Morgan fingerprint density at radius 2 is 2.28 bits per heavy atom. The minimum absolute atomic E-state index is 0.106. The number of likely N-dealkylation sites (tertiary alicyclic amines) is 1. The van der Waals surface area contributed by atoms with Gasteiger partial charge >= 0.3 is 0 Å². The second-order valence-electron chi connectivity index (χ2n) is 6.00. The number of thiophene rings is 1. The van der Waals surface area contributed by atoms with Crippen LogP contribution in [0, 0.1) is 10.1 Å². The Kier molecular flexibility index (Phi) is 5.36. The summed E-state index contributed by atoms with van der Waals surface area (Å²) >= 11 is 7.77. The van der Waals surface area contributed by atoms with Crippen molar-refractivity contribution in [2.45, 2.75) is 31.8 Å². The number of rotatable bonds is 5. The number of carbonyl (C=O) groups is 1. The lowest BCUT2D eigenvalue weighted by Gasteiger charge is -2.29. The molecule has 6 nitrogen and oxygen atoms in total. The van der Waals surface area contributed by atoms with Crippen molar-refractivity contribution >= 4 is 40.2 Å². The molecule has 0 bridgehead atoms. The van der Waals surface area contributed by atoms with Gasteiger partial charge in [0.05, 0.1) is 21.7 Å².